The van der Waals surface area contributed by atoms with Gasteiger partial charge in [0.15, 0.2) is 0 Å². The van der Waals surface area contributed by atoms with Crippen LogP contribution in [0.3, 0.4) is 0 Å². The fraction of sp³-hybridized carbons (Fsp3) is 1.00. The summed E-state index contributed by atoms with van der Waals surface area (Å²) in [5.74, 6) is 0. The Labute approximate surface area is 129 Å². The molecular weight excluding hydrogens is 264 g/mol. The molecule has 3 aliphatic rings. The molecule has 3 rings (SSSR count). The topological polar surface area (TPSA) is 15.3 Å². The Kier molecular flexibility index (Phi) is 5.33. The first kappa shape index (κ1) is 15.2. The number of hydrogen-bond donors (Lipinski definition) is 1. The van der Waals surface area contributed by atoms with Crippen molar-refractivity contribution in [3.63, 3.8) is 0 Å². The van der Waals surface area contributed by atoms with Gasteiger partial charge in [0.05, 0.1) is 0 Å². The zero-order valence-electron chi connectivity index (χ0n) is 13.3. The Balaban J connectivity index is 1.64. The molecule has 0 aromatic rings. The summed E-state index contributed by atoms with van der Waals surface area (Å²) in [4.78, 5) is 2.99. The van der Waals surface area contributed by atoms with Crippen LogP contribution in [-0.4, -0.2) is 47.1 Å². The summed E-state index contributed by atoms with van der Waals surface area (Å²) in [7, 11) is 0. The van der Waals surface area contributed by atoms with Gasteiger partial charge in [0.2, 0.25) is 0 Å². The van der Waals surface area contributed by atoms with Crippen molar-refractivity contribution in [2.24, 2.45) is 0 Å². The van der Waals surface area contributed by atoms with Crippen molar-refractivity contribution in [1.29, 1.82) is 0 Å². The minimum absolute atomic E-state index is 0.806. The number of nitrogens with one attached hydrogen (secondary N) is 1. The van der Waals surface area contributed by atoms with E-state index in [1.807, 2.05) is 0 Å². The summed E-state index contributed by atoms with van der Waals surface area (Å²) in [6.45, 7) is 3.49. The highest BCUT2D eigenvalue weighted by Gasteiger charge is 2.45. The lowest BCUT2D eigenvalue weighted by Crippen LogP contribution is -2.56. The smallest absolute Gasteiger partial charge is 0.0220 e. The van der Waals surface area contributed by atoms with Crippen molar-refractivity contribution < 1.29 is 0 Å². The van der Waals surface area contributed by atoms with Gasteiger partial charge in [-0.3, -0.25) is 4.90 Å². The third kappa shape index (κ3) is 3.05. The van der Waals surface area contributed by atoms with Crippen LogP contribution in [0.5, 0.6) is 0 Å². The van der Waals surface area contributed by atoms with E-state index < -0.39 is 0 Å². The van der Waals surface area contributed by atoms with E-state index in [0.717, 1.165) is 29.4 Å². The molecule has 20 heavy (non-hydrogen) atoms. The van der Waals surface area contributed by atoms with E-state index in [9.17, 15) is 0 Å². The van der Waals surface area contributed by atoms with Gasteiger partial charge in [-0.15, -0.1) is 0 Å². The summed E-state index contributed by atoms with van der Waals surface area (Å²) in [5.41, 5.74) is 0. The van der Waals surface area contributed by atoms with Gasteiger partial charge in [0.1, 0.15) is 0 Å². The SMILES string of the molecule is CCCNC1CC2CCC(C1)N2C1CCCCC1SC. The fourth-order valence-electron chi connectivity index (χ4n) is 4.96. The molecule has 2 bridgehead atoms. The molecule has 2 aliphatic heterocycles. The maximum atomic E-state index is 3.79. The highest BCUT2D eigenvalue weighted by molar-refractivity contribution is 7.99. The summed E-state index contributed by atoms with van der Waals surface area (Å²) in [6, 6.07) is 3.48. The lowest BCUT2D eigenvalue weighted by Gasteiger charge is -2.47. The molecule has 1 N–H and O–H groups in total. The van der Waals surface area contributed by atoms with E-state index in [2.05, 4.69) is 35.2 Å². The van der Waals surface area contributed by atoms with Gasteiger partial charge in [0, 0.05) is 29.4 Å². The fourth-order valence-corrected chi connectivity index (χ4v) is 5.96. The van der Waals surface area contributed by atoms with Crippen LogP contribution in [-0.2, 0) is 0 Å². The molecular formula is C17H32N2S. The molecule has 0 spiro atoms. The van der Waals surface area contributed by atoms with Gasteiger partial charge in [-0.2, -0.15) is 11.8 Å². The maximum absolute atomic E-state index is 3.79. The molecule has 4 atom stereocenters. The average molecular weight is 297 g/mol. The summed E-state index contributed by atoms with van der Waals surface area (Å²) >= 11 is 2.14. The molecule has 3 heteroatoms. The van der Waals surface area contributed by atoms with E-state index in [1.54, 1.807) is 0 Å². The second-order valence-electron chi connectivity index (χ2n) is 7.08. The third-order valence-electron chi connectivity index (χ3n) is 5.83. The Morgan fingerprint density at radius 3 is 2.40 bits per heavy atom. The van der Waals surface area contributed by atoms with Crippen LogP contribution >= 0.6 is 11.8 Å². The molecule has 0 aromatic heterocycles. The normalized spacial score (nSPS) is 42.0. The summed E-state index contributed by atoms with van der Waals surface area (Å²) in [5, 5.41) is 4.70. The van der Waals surface area contributed by atoms with Crippen LogP contribution in [0.4, 0.5) is 0 Å². The Bertz CT molecular complexity index is 295. The second-order valence-corrected chi connectivity index (χ2v) is 8.16. The molecule has 1 saturated carbocycles. The molecule has 2 saturated heterocycles. The van der Waals surface area contributed by atoms with E-state index >= 15 is 0 Å². The van der Waals surface area contributed by atoms with E-state index in [-0.39, 0.29) is 0 Å². The zero-order valence-corrected chi connectivity index (χ0v) is 14.1. The predicted molar refractivity (Wildman–Crippen MR) is 89.5 cm³/mol. The Morgan fingerprint density at radius 2 is 1.75 bits per heavy atom. The van der Waals surface area contributed by atoms with Crippen LogP contribution in [0.2, 0.25) is 0 Å². The van der Waals surface area contributed by atoms with Crippen LogP contribution in [0.25, 0.3) is 0 Å². The highest BCUT2D eigenvalue weighted by atomic mass is 32.2. The molecule has 0 amide bonds. The monoisotopic (exact) mass is 296 g/mol. The molecule has 0 radical (unpaired) electrons. The first-order valence-corrected chi connectivity index (χ1v) is 10.2. The van der Waals surface area contributed by atoms with Crippen LogP contribution in [0.15, 0.2) is 0 Å². The lowest BCUT2D eigenvalue weighted by molar-refractivity contribution is 0.0548. The number of thioether (sulfide) groups is 1. The molecule has 4 unspecified atom stereocenters. The molecule has 3 fully saturated rings. The highest BCUT2D eigenvalue weighted by Crippen LogP contribution is 2.42. The van der Waals surface area contributed by atoms with E-state index in [4.69, 9.17) is 0 Å². The van der Waals surface area contributed by atoms with Crippen molar-refractivity contribution in [2.75, 3.05) is 12.8 Å². The Morgan fingerprint density at radius 1 is 1.05 bits per heavy atom. The van der Waals surface area contributed by atoms with Crippen molar-refractivity contribution in [2.45, 2.75) is 94.1 Å². The van der Waals surface area contributed by atoms with Crippen molar-refractivity contribution in [3.05, 3.63) is 0 Å². The van der Waals surface area contributed by atoms with Crippen LogP contribution in [0, 0.1) is 0 Å². The van der Waals surface area contributed by atoms with Crippen molar-refractivity contribution >= 4 is 11.8 Å². The average Bonchev–Trinajstić information content (AvgIpc) is 2.75. The number of piperidine rings is 1. The predicted octanol–water partition coefficient (Wildman–Crippen LogP) is 3.66. The lowest BCUT2D eigenvalue weighted by atomic mass is 9.88. The largest absolute Gasteiger partial charge is 0.314 e. The summed E-state index contributed by atoms with van der Waals surface area (Å²) in [6.07, 6.45) is 15.2. The van der Waals surface area contributed by atoms with Crippen molar-refractivity contribution in [1.82, 2.24) is 10.2 Å². The standard InChI is InChI=1S/C17H32N2S/c1-3-10-18-13-11-14-8-9-15(12-13)19(14)16-6-4-5-7-17(16)20-2/h13-18H,3-12H2,1-2H3. The van der Waals surface area contributed by atoms with Gasteiger partial charge in [-0.05, 0) is 57.7 Å². The minimum atomic E-state index is 0.806. The molecule has 0 aromatic carbocycles. The quantitative estimate of drug-likeness (QED) is 0.833. The first-order valence-electron chi connectivity index (χ1n) is 8.87. The third-order valence-corrected chi connectivity index (χ3v) is 6.98. The molecule has 2 nitrogen and oxygen atoms in total. The van der Waals surface area contributed by atoms with Crippen LogP contribution in [0.1, 0.15) is 64.7 Å². The number of rotatable bonds is 5. The van der Waals surface area contributed by atoms with Crippen LogP contribution < -0.4 is 5.32 Å². The number of nitrogens with zero attached hydrogens (tertiary/aromatic N) is 1. The van der Waals surface area contributed by atoms with E-state index in [0.29, 0.717) is 0 Å². The minimum Gasteiger partial charge on any atom is -0.314 e. The molecule has 1 aliphatic carbocycles. The number of fused-ring (bicyclic) bond motifs is 2. The second kappa shape index (κ2) is 7.02. The zero-order chi connectivity index (χ0) is 13.9. The van der Waals surface area contributed by atoms with Gasteiger partial charge >= 0.3 is 0 Å². The van der Waals surface area contributed by atoms with E-state index in [1.165, 1.54) is 64.3 Å². The van der Waals surface area contributed by atoms with Gasteiger partial charge in [-0.25, -0.2) is 0 Å². The number of hydrogen-bond acceptors (Lipinski definition) is 3. The van der Waals surface area contributed by atoms with Gasteiger partial charge in [-0.1, -0.05) is 19.8 Å². The Hall–Kier alpha value is 0.270. The van der Waals surface area contributed by atoms with Gasteiger partial charge < -0.3 is 5.32 Å². The summed E-state index contributed by atoms with van der Waals surface area (Å²) < 4.78 is 0. The van der Waals surface area contributed by atoms with Gasteiger partial charge in [0.25, 0.3) is 0 Å². The maximum Gasteiger partial charge on any atom is 0.0220 e. The molecule has 116 valence electrons. The molecule has 2 heterocycles. The first-order chi connectivity index (χ1) is 9.83. The van der Waals surface area contributed by atoms with Crippen molar-refractivity contribution in [3.8, 4) is 0 Å².